The van der Waals surface area contributed by atoms with E-state index in [4.69, 9.17) is 0 Å². The summed E-state index contributed by atoms with van der Waals surface area (Å²) in [6.07, 6.45) is 4.68. The van der Waals surface area contributed by atoms with Crippen LogP contribution in [0.1, 0.15) is 28.4 Å². The molecule has 0 fully saturated rings. The van der Waals surface area contributed by atoms with Gasteiger partial charge in [-0.3, -0.25) is 9.78 Å². The largest absolute Gasteiger partial charge is 0.294 e. The lowest BCUT2D eigenvalue weighted by Crippen LogP contribution is -2.07. The van der Waals surface area contributed by atoms with Crippen molar-refractivity contribution in [3.8, 4) is 0 Å². The van der Waals surface area contributed by atoms with Crippen LogP contribution in [-0.2, 0) is 12.8 Å². The van der Waals surface area contributed by atoms with Gasteiger partial charge in [-0.25, -0.2) is 0 Å². The van der Waals surface area contributed by atoms with E-state index >= 15 is 0 Å². The second-order valence-corrected chi connectivity index (χ2v) is 4.93. The molecule has 1 aromatic carbocycles. The van der Waals surface area contributed by atoms with Crippen molar-refractivity contribution < 1.29 is 4.79 Å². The minimum absolute atomic E-state index is 0.140. The van der Waals surface area contributed by atoms with Crippen LogP contribution in [0.5, 0.6) is 0 Å². The third-order valence-electron chi connectivity index (χ3n) is 2.89. The number of nitrogens with zero attached hydrogens (tertiary/aromatic N) is 1. The van der Waals surface area contributed by atoms with Gasteiger partial charge >= 0.3 is 0 Å². The summed E-state index contributed by atoms with van der Waals surface area (Å²) in [6.45, 7) is 2.03. The zero-order chi connectivity index (χ0) is 13.0. The van der Waals surface area contributed by atoms with Crippen molar-refractivity contribution >= 4 is 21.7 Å². The van der Waals surface area contributed by atoms with Crippen molar-refractivity contribution in [1.82, 2.24) is 4.98 Å². The number of benzene rings is 1. The van der Waals surface area contributed by atoms with Gasteiger partial charge in [-0.05, 0) is 29.7 Å². The van der Waals surface area contributed by atoms with E-state index < -0.39 is 0 Å². The predicted octanol–water partition coefficient (Wildman–Crippen LogP) is 3.83. The number of aromatic nitrogens is 1. The molecule has 0 saturated heterocycles. The smallest absolute Gasteiger partial charge is 0.167 e. The summed E-state index contributed by atoms with van der Waals surface area (Å²) in [5, 5.41) is 0. The molecule has 0 aliphatic heterocycles. The fraction of sp³-hybridized carbons (Fsp3) is 0.200. The topological polar surface area (TPSA) is 30.0 Å². The third-order valence-corrected chi connectivity index (χ3v) is 3.67. The molecule has 3 heteroatoms. The standard InChI is InChI=1S/C15H14BrNO/c1-2-11-10-17-8-7-13(11)15(18)9-12-5-3-4-6-14(12)16/h3-8,10H,2,9H2,1H3. The summed E-state index contributed by atoms with van der Waals surface area (Å²) in [5.74, 6) is 0.140. The minimum Gasteiger partial charge on any atom is -0.294 e. The number of carbonyl (C=O) groups is 1. The van der Waals surface area contributed by atoms with E-state index in [-0.39, 0.29) is 5.78 Å². The molecule has 0 aliphatic rings. The Morgan fingerprint density at radius 2 is 2.00 bits per heavy atom. The van der Waals surface area contributed by atoms with Gasteiger partial charge in [-0.2, -0.15) is 0 Å². The van der Waals surface area contributed by atoms with Crippen LogP contribution in [-0.4, -0.2) is 10.8 Å². The second-order valence-electron chi connectivity index (χ2n) is 4.08. The first-order chi connectivity index (χ1) is 8.72. The number of Topliss-reactive ketones (excluding diaryl/α,β-unsaturated/α-hetero) is 1. The van der Waals surface area contributed by atoms with Crippen LogP contribution in [0.2, 0.25) is 0 Å². The summed E-state index contributed by atoms with van der Waals surface area (Å²) in [6, 6.07) is 9.62. The molecular formula is C15H14BrNO. The van der Waals surface area contributed by atoms with E-state index in [0.29, 0.717) is 6.42 Å². The predicted molar refractivity (Wildman–Crippen MR) is 75.8 cm³/mol. The molecule has 0 saturated carbocycles. The zero-order valence-electron chi connectivity index (χ0n) is 10.2. The van der Waals surface area contributed by atoms with E-state index in [1.807, 2.05) is 31.2 Å². The fourth-order valence-corrected chi connectivity index (χ4v) is 2.32. The first-order valence-electron chi connectivity index (χ1n) is 5.92. The number of carbonyl (C=O) groups excluding carboxylic acids is 1. The van der Waals surface area contributed by atoms with E-state index in [0.717, 1.165) is 27.6 Å². The van der Waals surface area contributed by atoms with Gasteiger partial charge in [0.15, 0.2) is 5.78 Å². The first-order valence-corrected chi connectivity index (χ1v) is 6.71. The Morgan fingerprint density at radius 3 is 2.72 bits per heavy atom. The normalized spacial score (nSPS) is 10.3. The molecule has 2 rings (SSSR count). The molecular weight excluding hydrogens is 290 g/mol. The van der Waals surface area contributed by atoms with Crippen LogP contribution < -0.4 is 0 Å². The maximum atomic E-state index is 12.3. The number of pyridine rings is 1. The van der Waals surface area contributed by atoms with Crippen LogP contribution in [0.4, 0.5) is 0 Å². The number of hydrogen-bond donors (Lipinski definition) is 0. The van der Waals surface area contributed by atoms with Crippen LogP contribution >= 0.6 is 15.9 Å². The summed E-state index contributed by atoms with van der Waals surface area (Å²) in [7, 11) is 0. The highest BCUT2D eigenvalue weighted by Gasteiger charge is 2.12. The quantitative estimate of drug-likeness (QED) is 0.804. The van der Waals surface area contributed by atoms with Crippen molar-refractivity contribution in [2.24, 2.45) is 0 Å². The Hall–Kier alpha value is -1.48. The Labute approximate surface area is 115 Å². The number of ketones is 1. The highest BCUT2D eigenvalue weighted by atomic mass is 79.9. The molecule has 1 heterocycles. The van der Waals surface area contributed by atoms with Crippen LogP contribution in [0.25, 0.3) is 0 Å². The molecule has 0 unspecified atom stereocenters. The lowest BCUT2D eigenvalue weighted by Gasteiger charge is -2.07. The fourth-order valence-electron chi connectivity index (χ4n) is 1.89. The average Bonchev–Trinajstić information content (AvgIpc) is 2.41. The Kier molecular flexibility index (Phi) is 4.26. The van der Waals surface area contributed by atoms with Gasteiger partial charge in [0.25, 0.3) is 0 Å². The maximum absolute atomic E-state index is 12.3. The average molecular weight is 304 g/mol. The number of hydrogen-bond acceptors (Lipinski definition) is 2. The molecule has 2 nitrogen and oxygen atoms in total. The van der Waals surface area contributed by atoms with E-state index in [1.54, 1.807) is 18.5 Å². The van der Waals surface area contributed by atoms with E-state index in [9.17, 15) is 4.79 Å². The first kappa shape index (κ1) is 13.0. The molecule has 92 valence electrons. The SMILES string of the molecule is CCc1cnccc1C(=O)Cc1ccccc1Br. The van der Waals surface area contributed by atoms with Crippen LogP contribution in [0.3, 0.4) is 0 Å². The van der Waals surface area contributed by atoms with Gasteiger partial charge in [0.1, 0.15) is 0 Å². The lowest BCUT2D eigenvalue weighted by molar-refractivity contribution is 0.0992. The Bertz CT molecular complexity index is 566. The van der Waals surface area contributed by atoms with Crippen molar-refractivity contribution in [2.45, 2.75) is 19.8 Å². The monoisotopic (exact) mass is 303 g/mol. The highest BCUT2D eigenvalue weighted by molar-refractivity contribution is 9.10. The van der Waals surface area contributed by atoms with Gasteiger partial charge in [0, 0.05) is 28.9 Å². The summed E-state index contributed by atoms with van der Waals surface area (Å²) >= 11 is 3.47. The molecule has 0 spiro atoms. The maximum Gasteiger partial charge on any atom is 0.167 e. The third kappa shape index (κ3) is 2.85. The van der Waals surface area contributed by atoms with Gasteiger partial charge in [0.2, 0.25) is 0 Å². The van der Waals surface area contributed by atoms with E-state index in [1.165, 1.54) is 0 Å². The summed E-state index contributed by atoms with van der Waals surface area (Å²) < 4.78 is 0.977. The highest BCUT2D eigenvalue weighted by Crippen LogP contribution is 2.19. The van der Waals surface area contributed by atoms with Crippen molar-refractivity contribution in [1.29, 1.82) is 0 Å². The Balaban J connectivity index is 2.25. The molecule has 0 bridgehead atoms. The van der Waals surface area contributed by atoms with Gasteiger partial charge in [-0.1, -0.05) is 41.1 Å². The number of rotatable bonds is 4. The molecule has 0 radical (unpaired) electrons. The molecule has 0 amide bonds. The molecule has 2 aromatic rings. The number of aryl methyl sites for hydroxylation is 1. The molecule has 0 aliphatic carbocycles. The Morgan fingerprint density at radius 1 is 1.22 bits per heavy atom. The van der Waals surface area contributed by atoms with E-state index in [2.05, 4.69) is 20.9 Å². The van der Waals surface area contributed by atoms with Crippen LogP contribution in [0, 0.1) is 0 Å². The lowest BCUT2D eigenvalue weighted by atomic mass is 9.99. The van der Waals surface area contributed by atoms with Crippen molar-refractivity contribution in [3.63, 3.8) is 0 Å². The molecule has 1 aromatic heterocycles. The zero-order valence-corrected chi connectivity index (χ0v) is 11.8. The minimum atomic E-state index is 0.140. The number of halogens is 1. The van der Waals surface area contributed by atoms with Gasteiger partial charge in [0.05, 0.1) is 0 Å². The second kappa shape index (κ2) is 5.91. The van der Waals surface area contributed by atoms with Gasteiger partial charge < -0.3 is 0 Å². The molecule has 18 heavy (non-hydrogen) atoms. The van der Waals surface area contributed by atoms with Crippen molar-refractivity contribution in [2.75, 3.05) is 0 Å². The summed E-state index contributed by atoms with van der Waals surface area (Å²) in [4.78, 5) is 16.4. The van der Waals surface area contributed by atoms with Crippen LogP contribution in [0.15, 0.2) is 47.2 Å². The molecule has 0 N–H and O–H groups in total. The summed E-state index contributed by atoms with van der Waals surface area (Å²) in [5.41, 5.74) is 2.80. The van der Waals surface area contributed by atoms with Gasteiger partial charge in [-0.15, -0.1) is 0 Å². The van der Waals surface area contributed by atoms with Crippen molar-refractivity contribution in [3.05, 3.63) is 63.9 Å². The molecule has 0 atom stereocenters.